The summed E-state index contributed by atoms with van der Waals surface area (Å²) in [6.45, 7) is 0. The first-order valence-electron chi connectivity index (χ1n) is 4.93. The maximum atomic E-state index is 10.2. The number of thiophene rings is 1. The number of benzene rings is 1. The van der Waals surface area contributed by atoms with Gasteiger partial charge in [-0.25, -0.2) is 0 Å². The van der Waals surface area contributed by atoms with Crippen molar-refractivity contribution < 1.29 is 5.11 Å². The number of aliphatic hydroxyl groups is 1. The molecule has 0 spiro atoms. The first-order valence-corrected chi connectivity index (χ1v) is 8.00. The highest BCUT2D eigenvalue weighted by atomic mass is 127. The van der Waals surface area contributed by atoms with Gasteiger partial charge >= 0.3 is 0 Å². The topological polar surface area (TPSA) is 20.2 Å². The van der Waals surface area contributed by atoms with Crippen LogP contribution in [0, 0.1) is 3.57 Å². The molecule has 0 fully saturated rings. The summed E-state index contributed by atoms with van der Waals surface area (Å²) in [7, 11) is 0. The second-order valence-electron chi connectivity index (χ2n) is 3.59. The van der Waals surface area contributed by atoms with Crippen LogP contribution in [0.2, 0.25) is 5.02 Å². The van der Waals surface area contributed by atoms with Gasteiger partial charge in [-0.1, -0.05) is 11.6 Å². The van der Waals surface area contributed by atoms with Crippen molar-refractivity contribution in [3.63, 3.8) is 0 Å². The predicted octanol–water partition coefficient (Wildman–Crippen LogP) is 5.04. The normalized spacial score (nSPS) is 12.7. The Labute approximate surface area is 131 Å². The Balaban J connectivity index is 2.19. The van der Waals surface area contributed by atoms with Crippen LogP contribution in [0.1, 0.15) is 16.5 Å². The Hall–Kier alpha value is 0.380. The van der Waals surface area contributed by atoms with E-state index in [1.165, 1.54) is 0 Å². The number of hydrogen-bond acceptors (Lipinski definition) is 2. The highest BCUT2D eigenvalue weighted by Gasteiger charge is 2.13. The number of rotatable bonds is 3. The maximum Gasteiger partial charge on any atom is 0.0848 e. The van der Waals surface area contributed by atoms with Crippen LogP contribution in [-0.4, -0.2) is 5.11 Å². The van der Waals surface area contributed by atoms with Crippen molar-refractivity contribution >= 4 is 61.5 Å². The lowest BCUT2D eigenvalue weighted by atomic mass is 10.1. The minimum Gasteiger partial charge on any atom is -0.388 e. The molecule has 1 aromatic heterocycles. The molecule has 0 aliphatic rings. The molecular weight excluding hydrogens is 434 g/mol. The van der Waals surface area contributed by atoms with Gasteiger partial charge in [0.05, 0.1) is 9.89 Å². The third-order valence-corrected chi connectivity index (χ3v) is 5.20. The van der Waals surface area contributed by atoms with Gasteiger partial charge in [-0.15, -0.1) is 11.3 Å². The van der Waals surface area contributed by atoms with Crippen molar-refractivity contribution in [2.75, 3.05) is 0 Å². The molecule has 0 aliphatic heterocycles. The van der Waals surface area contributed by atoms with E-state index in [1.54, 1.807) is 11.3 Å². The fourth-order valence-corrected chi connectivity index (χ4v) is 3.93. The minimum absolute atomic E-state index is 0.508. The van der Waals surface area contributed by atoms with Gasteiger partial charge in [-0.3, -0.25) is 0 Å². The van der Waals surface area contributed by atoms with Gasteiger partial charge in [-0.2, -0.15) is 0 Å². The minimum atomic E-state index is -0.508. The van der Waals surface area contributed by atoms with Crippen molar-refractivity contribution in [3.8, 4) is 0 Å². The molecule has 17 heavy (non-hydrogen) atoms. The molecule has 1 unspecified atom stereocenters. The Bertz CT molecular complexity index is 529. The first kappa shape index (κ1) is 13.8. The zero-order chi connectivity index (χ0) is 12.4. The molecule has 2 aromatic rings. The molecule has 1 heterocycles. The monoisotopic (exact) mass is 442 g/mol. The van der Waals surface area contributed by atoms with Gasteiger partial charge in [0.15, 0.2) is 0 Å². The van der Waals surface area contributed by atoms with Gasteiger partial charge in [0, 0.05) is 19.9 Å². The van der Waals surface area contributed by atoms with Crippen LogP contribution in [-0.2, 0) is 6.42 Å². The van der Waals surface area contributed by atoms with Crippen molar-refractivity contribution in [1.82, 2.24) is 0 Å². The third kappa shape index (κ3) is 3.67. The molecule has 0 aliphatic carbocycles. The standard InChI is InChI=1S/C12H9BrClIOS/c13-12-4-2-8(17-12)6-11(16)9-5-7(14)1-3-10(9)15/h1-5,11,16H,6H2. The summed E-state index contributed by atoms with van der Waals surface area (Å²) in [6.07, 6.45) is 0.109. The summed E-state index contributed by atoms with van der Waals surface area (Å²) >= 11 is 13.2. The van der Waals surface area contributed by atoms with Gasteiger partial charge in [0.25, 0.3) is 0 Å². The molecule has 5 heteroatoms. The summed E-state index contributed by atoms with van der Waals surface area (Å²) in [4.78, 5) is 1.15. The Morgan fingerprint density at radius 2 is 2.12 bits per heavy atom. The van der Waals surface area contributed by atoms with Gasteiger partial charge < -0.3 is 5.11 Å². The fraction of sp³-hybridized carbons (Fsp3) is 0.167. The Kier molecular flexibility index (Phi) is 4.88. The zero-order valence-electron chi connectivity index (χ0n) is 8.66. The lowest BCUT2D eigenvalue weighted by Gasteiger charge is -2.12. The van der Waals surface area contributed by atoms with Crippen molar-refractivity contribution in [3.05, 3.63) is 53.2 Å². The average molecular weight is 444 g/mol. The van der Waals surface area contributed by atoms with E-state index >= 15 is 0 Å². The van der Waals surface area contributed by atoms with E-state index in [0.717, 1.165) is 17.8 Å². The van der Waals surface area contributed by atoms with Crippen LogP contribution in [0.4, 0.5) is 0 Å². The molecule has 2 rings (SSSR count). The molecule has 0 saturated heterocycles. The maximum absolute atomic E-state index is 10.2. The highest BCUT2D eigenvalue weighted by molar-refractivity contribution is 14.1. The predicted molar refractivity (Wildman–Crippen MR) is 84.9 cm³/mol. The van der Waals surface area contributed by atoms with E-state index in [0.29, 0.717) is 11.4 Å². The van der Waals surface area contributed by atoms with Crippen molar-refractivity contribution in [1.29, 1.82) is 0 Å². The van der Waals surface area contributed by atoms with Crippen LogP contribution in [0.25, 0.3) is 0 Å². The summed E-state index contributed by atoms with van der Waals surface area (Å²) in [5.41, 5.74) is 0.891. The lowest BCUT2D eigenvalue weighted by Crippen LogP contribution is -2.02. The molecule has 0 saturated carbocycles. The SMILES string of the molecule is OC(Cc1ccc(Br)s1)c1cc(Cl)ccc1I. The second kappa shape index (κ2) is 6.02. The molecule has 1 N–H and O–H groups in total. The highest BCUT2D eigenvalue weighted by Crippen LogP contribution is 2.30. The Morgan fingerprint density at radius 3 is 2.76 bits per heavy atom. The number of hydrogen-bond donors (Lipinski definition) is 1. The number of halogens is 3. The summed E-state index contributed by atoms with van der Waals surface area (Å²) in [6, 6.07) is 9.61. The molecule has 1 atom stereocenters. The molecule has 0 amide bonds. The molecule has 1 aromatic carbocycles. The van der Waals surface area contributed by atoms with Crippen molar-refractivity contribution in [2.24, 2.45) is 0 Å². The summed E-state index contributed by atoms with van der Waals surface area (Å²) in [5.74, 6) is 0. The number of aliphatic hydroxyl groups excluding tert-OH is 1. The average Bonchev–Trinajstić information content (AvgIpc) is 2.67. The zero-order valence-corrected chi connectivity index (χ0v) is 14.0. The molecule has 0 radical (unpaired) electrons. The van der Waals surface area contributed by atoms with Gasteiger partial charge in [0.1, 0.15) is 0 Å². The van der Waals surface area contributed by atoms with E-state index in [4.69, 9.17) is 11.6 Å². The van der Waals surface area contributed by atoms with Crippen molar-refractivity contribution in [2.45, 2.75) is 12.5 Å². The summed E-state index contributed by atoms with van der Waals surface area (Å²) < 4.78 is 2.12. The Morgan fingerprint density at radius 1 is 1.35 bits per heavy atom. The third-order valence-electron chi connectivity index (χ3n) is 2.34. The van der Waals surface area contributed by atoms with E-state index < -0.39 is 6.10 Å². The van der Waals surface area contributed by atoms with E-state index in [2.05, 4.69) is 38.5 Å². The van der Waals surface area contributed by atoms with E-state index in [1.807, 2.05) is 30.3 Å². The second-order valence-corrected chi connectivity index (χ2v) is 7.74. The first-order chi connectivity index (χ1) is 8.06. The van der Waals surface area contributed by atoms with Crippen LogP contribution in [0.3, 0.4) is 0 Å². The smallest absolute Gasteiger partial charge is 0.0848 e. The van der Waals surface area contributed by atoms with Crippen LogP contribution >= 0.6 is 61.5 Å². The van der Waals surface area contributed by atoms with Crippen LogP contribution in [0.15, 0.2) is 34.1 Å². The van der Waals surface area contributed by atoms with E-state index in [9.17, 15) is 5.11 Å². The fourth-order valence-electron chi connectivity index (χ4n) is 1.53. The summed E-state index contributed by atoms with van der Waals surface area (Å²) in [5, 5.41) is 10.9. The van der Waals surface area contributed by atoms with E-state index in [-0.39, 0.29) is 0 Å². The largest absolute Gasteiger partial charge is 0.388 e. The molecule has 1 nitrogen and oxygen atoms in total. The molecule has 0 bridgehead atoms. The molecule has 90 valence electrons. The molecular formula is C12H9BrClIOS. The quantitative estimate of drug-likeness (QED) is 0.659. The van der Waals surface area contributed by atoms with Gasteiger partial charge in [0.2, 0.25) is 0 Å². The van der Waals surface area contributed by atoms with Gasteiger partial charge in [-0.05, 0) is 74.4 Å². The van der Waals surface area contributed by atoms with Crippen LogP contribution < -0.4 is 0 Å². The lowest BCUT2D eigenvalue weighted by molar-refractivity contribution is 0.178. The van der Waals surface area contributed by atoms with Crippen LogP contribution in [0.5, 0.6) is 0 Å².